The van der Waals surface area contributed by atoms with Crippen molar-refractivity contribution in [3.05, 3.63) is 28.8 Å². The molecule has 6 N–H and O–H groups in total. The van der Waals surface area contributed by atoms with Gasteiger partial charge in [0.2, 0.25) is 0 Å². The first-order valence-corrected chi connectivity index (χ1v) is 7.28. The summed E-state index contributed by atoms with van der Waals surface area (Å²) in [7, 11) is 0. The Morgan fingerprint density at radius 3 is 1.21 bits per heavy atom. The van der Waals surface area contributed by atoms with Crippen LogP contribution in [0.15, 0.2) is 12.1 Å². The van der Waals surface area contributed by atoms with E-state index in [0.29, 0.717) is 17.8 Å². The molecule has 0 spiro atoms. The maximum Gasteiger partial charge on any atom is -0.412 e. The van der Waals surface area contributed by atoms with Crippen LogP contribution in [0.4, 0.5) is 0 Å². The van der Waals surface area contributed by atoms with Crippen LogP contribution < -0.4 is 4.40 Å². The minimum absolute atomic E-state index is 0. The normalized spacial score (nSPS) is 10.0. The van der Waals surface area contributed by atoms with Crippen molar-refractivity contribution in [3.8, 4) is 0 Å². The second-order valence-electron chi connectivity index (χ2n) is 5.54. The van der Waals surface area contributed by atoms with Gasteiger partial charge in [-0.05, 0) is 0 Å². The molecule has 1 aromatic rings. The van der Waals surface area contributed by atoms with Gasteiger partial charge >= 0.3 is 109 Å². The summed E-state index contributed by atoms with van der Waals surface area (Å²) >= 11 is 2.27. The fraction of sp³-hybridized carbons (Fsp3) is 0.600. The van der Waals surface area contributed by atoms with Crippen LogP contribution in [-0.2, 0) is 0 Å². The maximum absolute atomic E-state index is 2.40. The van der Waals surface area contributed by atoms with Gasteiger partial charge in [-0.3, -0.25) is 0 Å². The van der Waals surface area contributed by atoms with Gasteiger partial charge in [0.05, 0.1) is 0 Å². The van der Waals surface area contributed by atoms with Crippen LogP contribution in [0.3, 0.4) is 0 Å². The Hall–Kier alpha value is -0.357. The van der Waals surface area contributed by atoms with E-state index in [4.69, 9.17) is 0 Å². The van der Waals surface area contributed by atoms with Crippen LogP contribution in [0.25, 0.3) is 0 Å². The van der Waals surface area contributed by atoms with Gasteiger partial charge in [0, 0.05) is 0 Å². The van der Waals surface area contributed by atoms with Crippen molar-refractivity contribution in [2.45, 2.75) is 59.3 Å². The molecule has 0 aromatic heterocycles. The van der Waals surface area contributed by atoms with Crippen molar-refractivity contribution < 1.29 is 16.4 Å². The fourth-order valence-electron chi connectivity index (χ4n) is 1.96. The molecule has 0 saturated carbocycles. The second-order valence-corrected chi connectivity index (χ2v) is 6.59. The number of rotatable bonds is 3. The Balaban J connectivity index is -0.000000853. The van der Waals surface area contributed by atoms with E-state index in [-0.39, 0.29) is 16.4 Å². The number of benzene rings is 1. The zero-order valence-corrected chi connectivity index (χ0v) is 15.0. The summed E-state index contributed by atoms with van der Waals surface area (Å²) in [6, 6.07) is 4.80. The van der Waals surface area contributed by atoms with Gasteiger partial charge in [0.25, 0.3) is 0 Å². The molecule has 4 heteroatoms. The van der Waals surface area contributed by atoms with E-state index in [9.17, 15) is 0 Å². The molecule has 0 bridgehead atoms. The first-order valence-electron chi connectivity index (χ1n) is 6.23. The van der Waals surface area contributed by atoms with Crippen molar-refractivity contribution in [3.63, 3.8) is 0 Å². The Morgan fingerprint density at radius 1 is 0.684 bits per heavy atom. The molecule has 0 fully saturated rings. The minimum Gasteiger partial charge on any atom is -0.412 e. The van der Waals surface area contributed by atoms with Gasteiger partial charge < -0.3 is 16.4 Å². The summed E-state index contributed by atoms with van der Waals surface area (Å²) in [6.45, 7) is 13.7. The second kappa shape index (κ2) is 9.53. The molecular weight excluding hydrogens is 301 g/mol. The molecule has 3 nitrogen and oxygen atoms in total. The van der Waals surface area contributed by atoms with Gasteiger partial charge in [0.1, 0.15) is 0 Å². The van der Waals surface area contributed by atoms with E-state index < -0.39 is 0 Å². The summed E-state index contributed by atoms with van der Waals surface area (Å²) in [5, 5.41) is 0. The molecule has 0 amide bonds. The van der Waals surface area contributed by atoms with E-state index >= 15 is 0 Å². The molecule has 0 aliphatic heterocycles. The SMILES string of the molecule is CC(C)c1cc(C(C)C)[c]([Ge])c(C(C)C)c1.O.O.O. The van der Waals surface area contributed by atoms with Crippen molar-refractivity contribution in [1.29, 1.82) is 0 Å². The third-order valence-corrected chi connectivity index (χ3v) is 4.34. The largest absolute Gasteiger partial charge is 0.412 e. The number of hydrogen-bond acceptors (Lipinski definition) is 0. The molecule has 19 heavy (non-hydrogen) atoms. The average molecular weight is 330 g/mol. The topological polar surface area (TPSA) is 94.5 Å². The molecule has 0 saturated heterocycles. The van der Waals surface area contributed by atoms with E-state index in [1.54, 1.807) is 0 Å². The van der Waals surface area contributed by atoms with Crippen LogP contribution in [0, 0.1) is 0 Å². The van der Waals surface area contributed by atoms with Gasteiger partial charge in [-0.15, -0.1) is 0 Å². The standard InChI is InChI=1S/C15H23Ge.3H2O/c1-9(2)12-7-13(10(3)4)15(16)14(8-12)11(5)6;;;/h7-11H,1-6H3;3*1H2. The smallest absolute Gasteiger partial charge is 0.412 e. The molecular formula is C15H29GeO3. The molecule has 0 aliphatic carbocycles. The quantitative estimate of drug-likeness (QED) is 0.749. The predicted molar refractivity (Wildman–Crippen MR) is 84.9 cm³/mol. The van der Waals surface area contributed by atoms with Crippen molar-refractivity contribution in [2.24, 2.45) is 0 Å². The van der Waals surface area contributed by atoms with Crippen LogP contribution in [-0.4, -0.2) is 32.9 Å². The molecule has 0 atom stereocenters. The van der Waals surface area contributed by atoms with Gasteiger partial charge in [-0.2, -0.15) is 0 Å². The monoisotopic (exact) mass is 331 g/mol. The first-order chi connectivity index (χ1) is 7.34. The summed E-state index contributed by atoms with van der Waals surface area (Å²) in [6.07, 6.45) is 0. The Kier molecular flexibility index (Phi) is 11.9. The Bertz CT molecular complexity index is 345. The zero-order chi connectivity index (χ0) is 12.5. The molecule has 1 rings (SSSR count). The fourth-order valence-corrected chi connectivity index (χ4v) is 3.47. The van der Waals surface area contributed by atoms with E-state index in [1.807, 2.05) is 0 Å². The van der Waals surface area contributed by atoms with E-state index in [1.165, 1.54) is 21.1 Å². The maximum atomic E-state index is 2.40. The summed E-state index contributed by atoms with van der Waals surface area (Å²) < 4.78 is 1.49. The van der Waals surface area contributed by atoms with Crippen LogP contribution in [0.5, 0.6) is 0 Å². The molecule has 111 valence electrons. The first kappa shape index (κ1) is 23.7. The summed E-state index contributed by atoms with van der Waals surface area (Å²) in [4.78, 5) is 0. The van der Waals surface area contributed by atoms with Crippen LogP contribution in [0.1, 0.15) is 76.0 Å². The predicted octanol–water partition coefficient (Wildman–Crippen LogP) is 1.38. The zero-order valence-electron chi connectivity index (χ0n) is 12.9. The summed E-state index contributed by atoms with van der Waals surface area (Å²) in [5.41, 5.74) is 4.53. The Labute approximate surface area is 126 Å². The van der Waals surface area contributed by atoms with Crippen LogP contribution in [0.2, 0.25) is 0 Å². The third kappa shape index (κ3) is 5.65. The molecule has 3 radical (unpaired) electrons. The van der Waals surface area contributed by atoms with Gasteiger partial charge in [0.15, 0.2) is 0 Å². The van der Waals surface area contributed by atoms with Crippen molar-refractivity contribution in [1.82, 2.24) is 0 Å². The van der Waals surface area contributed by atoms with Crippen LogP contribution >= 0.6 is 0 Å². The molecule has 1 aromatic carbocycles. The minimum atomic E-state index is 0. The van der Waals surface area contributed by atoms with Gasteiger partial charge in [-0.25, -0.2) is 0 Å². The molecule has 0 heterocycles. The van der Waals surface area contributed by atoms with Crippen molar-refractivity contribution >= 4 is 20.9 Å². The number of hydrogen-bond donors (Lipinski definition) is 0. The van der Waals surface area contributed by atoms with E-state index in [0.717, 1.165) is 0 Å². The third-order valence-electron chi connectivity index (χ3n) is 3.13. The Morgan fingerprint density at radius 2 is 1.00 bits per heavy atom. The summed E-state index contributed by atoms with van der Waals surface area (Å²) in [5.74, 6) is 1.86. The molecule has 0 aliphatic rings. The van der Waals surface area contributed by atoms with Crippen molar-refractivity contribution in [2.75, 3.05) is 0 Å². The average Bonchev–Trinajstić information content (AvgIpc) is 2.16. The molecule has 0 unspecified atom stereocenters. The van der Waals surface area contributed by atoms with E-state index in [2.05, 4.69) is 70.2 Å². The van der Waals surface area contributed by atoms with Gasteiger partial charge in [-0.1, -0.05) is 0 Å².